The van der Waals surface area contributed by atoms with E-state index in [-0.39, 0.29) is 19.1 Å². The van der Waals surface area contributed by atoms with Crippen molar-refractivity contribution >= 4 is 17.6 Å². The fourth-order valence-corrected chi connectivity index (χ4v) is 3.01. The molecule has 0 radical (unpaired) electrons. The average molecular weight is 435 g/mol. The highest BCUT2D eigenvalue weighted by atomic mass is 19.4. The van der Waals surface area contributed by atoms with Gasteiger partial charge in [0.2, 0.25) is 0 Å². The molecule has 0 bridgehead atoms. The number of benzene rings is 2. The van der Waals surface area contributed by atoms with E-state index in [1.807, 2.05) is 0 Å². The first-order chi connectivity index (χ1) is 14.8. The largest absolute Gasteiger partial charge is 0.467 e. The van der Waals surface area contributed by atoms with Crippen LogP contribution < -0.4 is 9.64 Å². The van der Waals surface area contributed by atoms with Crippen molar-refractivity contribution in [2.24, 2.45) is 0 Å². The zero-order chi connectivity index (χ0) is 22.4. The fraction of sp³-hybridized carbons (Fsp3) is 0.273. The molecule has 0 unspecified atom stereocenters. The molecule has 1 amide bonds. The number of halogens is 3. The van der Waals surface area contributed by atoms with E-state index >= 15 is 0 Å². The molecule has 0 N–H and O–H groups in total. The second kappa shape index (κ2) is 9.65. The Bertz CT molecular complexity index is 970. The molecule has 0 spiro atoms. The maximum absolute atomic E-state index is 12.8. The monoisotopic (exact) mass is 435 g/mol. The summed E-state index contributed by atoms with van der Waals surface area (Å²) in [6.45, 7) is 0.368. The Labute approximate surface area is 176 Å². The van der Waals surface area contributed by atoms with Crippen molar-refractivity contribution in [1.29, 1.82) is 0 Å². The number of rotatable bonds is 8. The highest BCUT2D eigenvalue weighted by molar-refractivity contribution is 6.10. The van der Waals surface area contributed by atoms with Crippen molar-refractivity contribution in [3.63, 3.8) is 0 Å². The Morgan fingerprint density at radius 1 is 1.16 bits per heavy atom. The first-order valence-corrected chi connectivity index (χ1v) is 9.38. The van der Waals surface area contributed by atoms with E-state index in [0.717, 1.165) is 12.1 Å². The number of methoxy groups -OCH3 is 1. The van der Waals surface area contributed by atoms with E-state index in [0.29, 0.717) is 35.6 Å². The maximum Gasteiger partial charge on any atom is 0.416 e. The molecule has 2 aromatic rings. The van der Waals surface area contributed by atoms with Gasteiger partial charge in [-0.1, -0.05) is 6.07 Å². The van der Waals surface area contributed by atoms with Gasteiger partial charge in [0.25, 0.3) is 5.91 Å². The second-order valence-electron chi connectivity index (χ2n) is 6.63. The van der Waals surface area contributed by atoms with E-state index in [4.69, 9.17) is 9.47 Å². The van der Waals surface area contributed by atoms with E-state index in [2.05, 4.69) is 4.74 Å². The van der Waals surface area contributed by atoms with Crippen molar-refractivity contribution in [1.82, 2.24) is 0 Å². The summed E-state index contributed by atoms with van der Waals surface area (Å²) >= 11 is 0. The van der Waals surface area contributed by atoms with Gasteiger partial charge >= 0.3 is 12.1 Å². The number of nitrogens with zero attached hydrogens (tertiary/aromatic N) is 1. The van der Waals surface area contributed by atoms with Gasteiger partial charge in [0.15, 0.2) is 0 Å². The van der Waals surface area contributed by atoms with Gasteiger partial charge in [-0.25, -0.2) is 4.79 Å². The van der Waals surface area contributed by atoms with Crippen molar-refractivity contribution in [3.8, 4) is 5.75 Å². The first kappa shape index (κ1) is 22.4. The predicted octanol–water partition coefficient (Wildman–Crippen LogP) is 4.34. The molecule has 0 aromatic heterocycles. The minimum absolute atomic E-state index is 0.126. The number of fused-ring (bicyclic) bond motifs is 1. The van der Waals surface area contributed by atoms with Gasteiger partial charge in [0.05, 0.1) is 32.1 Å². The molecule has 1 aliphatic rings. The Kier molecular flexibility index (Phi) is 6.96. The molecule has 0 aliphatic carbocycles. The molecule has 9 heteroatoms. The van der Waals surface area contributed by atoms with Crippen LogP contribution in [0.3, 0.4) is 0 Å². The van der Waals surface area contributed by atoms with Gasteiger partial charge in [-0.2, -0.15) is 13.2 Å². The third-order valence-electron chi connectivity index (χ3n) is 4.60. The van der Waals surface area contributed by atoms with Crippen LogP contribution in [-0.4, -0.2) is 32.2 Å². The second-order valence-corrected chi connectivity index (χ2v) is 6.63. The van der Waals surface area contributed by atoms with Gasteiger partial charge in [0.1, 0.15) is 12.4 Å². The van der Waals surface area contributed by atoms with Crippen LogP contribution in [0.25, 0.3) is 0 Å². The Balaban J connectivity index is 1.62. The molecule has 31 heavy (non-hydrogen) atoms. The molecule has 0 saturated carbocycles. The van der Waals surface area contributed by atoms with Crippen LogP contribution in [-0.2, 0) is 27.0 Å². The molecule has 0 saturated heterocycles. The number of amides is 1. The number of alkyl halides is 3. The normalized spacial score (nSPS) is 13.5. The lowest BCUT2D eigenvalue weighted by atomic mass is 10.1. The van der Waals surface area contributed by atoms with Crippen molar-refractivity contribution < 1.29 is 37.0 Å². The minimum Gasteiger partial charge on any atom is -0.467 e. The van der Waals surface area contributed by atoms with E-state index in [1.54, 1.807) is 24.3 Å². The van der Waals surface area contributed by atoms with Gasteiger partial charge in [0, 0.05) is 16.8 Å². The maximum atomic E-state index is 12.8. The lowest BCUT2D eigenvalue weighted by Crippen LogP contribution is -2.23. The molecule has 6 nitrogen and oxygen atoms in total. The summed E-state index contributed by atoms with van der Waals surface area (Å²) in [7, 11) is 1.28. The van der Waals surface area contributed by atoms with Crippen LogP contribution in [0.4, 0.5) is 18.9 Å². The van der Waals surface area contributed by atoms with Crippen LogP contribution in [0.15, 0.2) is 54.8 Å². The average Bonchev–Trinajstić information content (AvgIpc) is 3.09. The van der Waals surface area contributed by atoms with Crippen molar-refractivity contribution in [2.45, 2.75) is 19.1 Å². The topological polar surface area (TPSA) is 65.1 Å². The molecule has 3 rings (SSSR count). The number of hydrogen-bond acceptors (Lipinski definition) is 5. The SMILES string of the molecule is COC(=O)COCC/C=C/Oc1cccc2c1CN(c1ccc(C(F)(F)F)cc1)C2=O. The lowest BCUT2D eigenvalue weighted by molar-refractivity contribution is -0.145. The predicted molar refractivity (Wildman–Crippen MR) is 106 cm³/mol. The Morgan fingerprint density at radius 2 is 1.90 bits per heavy atom. The van der Waals surface area contributed by atoms with Crippen molar-refractivity contribution in [3.05, 3.63) is 71.5 Å². The van der Waals surface area contributed by atoms with E-state index in [1.165, 1.54) is 30.4 Å². The molecule has 1 aliphatic heterocycles. The molecule has 0 fully saturated rings. The van der Waals surface area contributed by atoms with Crippen LogP contribution in [0.5, 0.6) is 5.75 Å². The standard InChI is InChI=1S/C22H20F3NO5/c1-29-20(27)14-30-11-2-3-12-31-19-6-4-5-17-18(19)13-26(21(17)28)16-9-7-15(8-10-16)22(23,24)25/h3-10,12H,2,11,13-14H2,1H3/b12-3+. The Morgan fingerprint density at radius 3 is 2.58 bits per heavy atom. The summed E-state index contributed by atoms with van der Waals surface area (Å²) in [5.74, 6) is -0.283. The molecule has 2 aromatic carbocycles. The summed E-state index contributed by atoms with van der Waals surface area (Å²) in [5.41, 5.74) is 0.690. The zero-order valence-corrected chi connectivity index (χ0v) is 16.6. The summed E-state index contributed by atoms with van der Waals surface area (Å²) in [6, 6.07) is 9.50. The van der Waals surface area contributed by atoms with Gasteiger partial charge in [-0.05, 0) is 48.9 Å². The first-order valence-electron chi connectivity index (χ1n) is 9.38. The van der Waals surface area contributed by atoms with Gasteiger partial charge in [-0.3, -0.25) is 4.79 Å². The zero-order valence-electron chi connectivity index (χ0n) is 16.6. The van der Waals surface area contributed by atoms with Crippen LogP contribution in [0.1, 0.15) is 27.9 Å². The smallest absolute Gasteiger partial charge is 0.416 e. The molecule has 164 valence electrons. The van der Waals surface area contributed by atoms with E-state index in [9.17, 15) is 22.8 Å². The molecular formula is C22H20F3NO5. The minimum atomic E-state index is -4.44. The van der Waals surface area contributed by atoms with Gasteiger partial charge in [-0.15, -0.1) is 0 Å². The molecule has 1 heterocycles. The lowest BCUT2D eigenvalue weighted by Gasteiger charge is -2.17. The number of ether oxygens (including phenoxy) is 3. The summed E-state index contributed by atoms with van der Waals surface area (Å²) in [4.78, 5) is 25.1. The number of carbonyl (C=O) groups excluding carboxylic acids is 2. The summed E-state index contributed by atoms with van der Waals surface area (Å²) in [5, 5.41) is 0. The van der Waals surface area contributed by atoms with E-state index < -0.39 is 17.7 Å². The number of carbonyl (C=O) groups is 2. The number of anilines is 1. The third-order valence-corrected chi connectivity index (χ3v) is 4.60. The van der Waals surface area contributed by atoms with Crippen LogP contribution in [0.2, 0.25) is 0 Å². The fourth-order valence-electron chi connectivity index (χ4n) is 3.01. The highest BCUT2D eigenvalue weighted by Gasteiger charge is 2.33. The quantitative estimate of drug-likeness (QED) is 0.351. The highest BCUT2D eigenvalue weighted by Crippen LogP contribution is 2.36. The molecule has 0 atom stereocenters. The van der Waals surface area contributed by atoms with Crippen LogP contribution >= 0.6 is 0 Å². The number of hydrogen-bond donors (Lipinski definition) is 0. The third kappa shape index (κ3) is 5.43. The molecular weight excluding hydrogens is 415 g/mol. The summed E-state index contributed by atoms with van der Waals surface area (Å²) < 4.78 is 53.5. The van der Waals surface area contributed by atoms with Gasteiger partial charge < -0.3 is 19.1 Å². The van der Waals surface area contributed by atoms with Crippen molar-refractivity contribution in [2.75, 3.05) is 25.2 Å². The number of esters is 1. The summed E-state index contributed by atoms with van der Waals surface area (Å²) in [6.07, 6.45) is -0.764. The Hall–Kier alpha value is -3.33. The van der Waals surface area contributed by atoms with Crippen LogP contribution in [0, 0.1) is 0 Å².